The van der Waals surface area contributed by atoms with Crippen molar-refractivity contribution in [3.8, 4) is 0 Å². The van der Waals surface area contributed by atoms with Crippen LogP contribution in [0.3, 0.4) is 0 Å². The van der Waals surface area contributed by atoms with E-state index in [2.05, 4.69) is 16.5 Å². The monoisotopic (exact) mass is 283 g/mol. The average molecular weight is 284 g/mol. The second-order valence-electron chi connectivity index (χ2n) is 4.23. The molecule has 0 aliphatic carbocycles. The molecule has 5 heteroatoms. The third kappa shape index (κ3) is 2.53. The number of halogens is 2. The molecule has 3 nitrogen and oxygen atoms in total. The smallest absolute Gasteiger partial charge is 0.0842 e. The Balaban J connectivity index is 2.41. The highest BCUT2D eigenvalue weighted by Crippen LogP contribution is 2.28. The molecule has 0 saturated heterocycles. The molecule has 0 amide bonds. The zero-order valence-corrected chi connectivity index (χ0v) is 12.0. The van der Waals surface area contributed by atoms with Crippen LogP contribution < -0.4 is 5.32 Å². The van der Waals surface area contributed by atoms with Gasteiger partial charge in [0, 0.05) is 12.7 Å². The highest BCUT2D eigenvalue weighted by Gasteiger charge is 2.16. The fourth-order valence-corrected chi connectivity index (χ4v) is 2.21. The molecule has 0 radical (unpaired) electrons. The van der Waals surface area contributed by atoms with Crippen molar-refractivity contribution in [2.75, 3.05) is 7.05 Å². The Bertz CT molecular complexity index is 544. The molecule has 1 aromatic heterocycles. The molecule has 0 aliphatic rings. The number of benzene rings is 1. The van der Waals surface area contributed by atoms with Gasteiger partial charge >= 0.3 is 0 Å². The van der Waals surface area contributed by atoms with Gasteiger partial charge in [-0.2, -0.15) is 5.10 Å². The van der Waals surface area contributed by atoms with Crippen LogP contribution in [0.5, 0.6) is 0 Å². The van der Waals surface area contributed by atoms with Crippen LogP contribution in [0.2, 0.25) is 10.0 Å². The Kier molecular flexibility index (Phi) is 3.95. The van der Waals surface area contributed by atoms with Crippen LogP contribution in [0, 0.1) is 6.92 Å². The van der Waals surface area contributed by atoms with Gasteiger partial charge in [-0.05, 0) is 37.7 Å². The Morgan fingerprint density at radius 1 is 1.22 bits per heavy atom. The van der Waals surface area contributed by atoms with Crippen molar-refractivity contribution >= 4 is 23.2 Å². The Morgan fingerprint density at radius 3 is 2.44 bits per heavy atom. The van der Waals surface area contributed by atoms with Gasteiger partial charge in [0.15, 0.2) is 0 Å². The lowest BCUT2D eigenvalue weighted by Crippen LogP contribution is -2.18. The van der Waals surface area contributed by atoms with Crippen molar-refractivity contribution < 1.29 is 0 Å². The van der Waals surface area contributed by atoms with E-state index in [9.17, 15) is 0 Å². The topological polar surface area (TPSA) is 29.9 Å². The Morgan fingerprint density at radius 2 is 1.94 bits per heavy atom. The summed E-state index contributed by atoms with van der Waals surface area (Å²) in [6, 6.07) is 7.71. The molecule has 0 spiro atoms. The molecule has 1 unspecified atom stereocenters. The highest BCUT2D eigenvalue weighted by molar-refractivity contribution is 6.42. The largest absolute Gasteiger partial charge is 0.308 e. The second kappa shape index (κ2) is 5.31. The summed E-state index contributed by atoms with van der Waals surface area (Å²) < 4.78 is 1.86. The number of nitrogens with zero attached hydrogens (tertiary/aromatic N) is 2. The van der Waals surface area contributed by atoms with E-state index < -0.39 is 0 Å². The second-order valence-corrected chi connectivity index (χ2v) is 5.04. The van der Waals surface area contributed by atoms with Gasteiger partial charge in [0.2, 0.25) is 0 Å². The fourth-order valence-electron chi connectivity index (χ4n) is 1.91. The summed E-state index contributed by atoms with van der Waals surface area (Å²) in [5, 5.41) is 8.85. The summed E-state index contributed by atoms with van der Waals surface area (Å²) in [6.07, 6.45) is 0. The van der Waals surface area contributed by atoms with Gasteiger partial charge in [0.1, 0.15) is 0 Å². The summed E-state index contributed by atoms with van der Waals surface area (Å²) in [7, 11) is 3.83. The molecule has 2 aromatic rings. The average Bonchev–Trinajstić information content (AvgIpc) is 2.65. The third-order valence-corrected chi connectivity index (χ3v) is 3.73. The van der Waals surface area contributed by atoms with Crippen LogP contribution in [0.1, 0.15) is 23.0 Å². The predicted octanol–water partition coefficient (Wildman–Crippen LogP) is 3.34. The summed E-state index contributed by atoms with van der Waals surface area (Å²) >= 11 is 12.0. The molecule has 1 aromatic carbocycles. The summed E-state index contributed by atoms with van der Waals surface area (Å²) in [5.41, 5.74) is 3.13. The first-order valence-corrected chi connectivity index (χ1v) is 6.41. The lowest BCUT2D eigenvalue weighted by atomic mass is 10.0. The maximum absolute atomic E-state index is 6.05. The van der Waals surface area contributed by atoms with Gasteiger partial charge in [0.05, 0.1) is 21.8 Å². The van der Waals surface area contributed by atoms with Crippen LogP contribution >= 0.6 is 23.2 Å². The standard InChI is InChI=1S/C13H15Cl2N3/c1-8-6-12(17-18(8)3)13(16-2)9-4-5-10(14)11(15)7-9/h4-7,13,16H,1-3H3. The molecule has 0 fully saturated rings. The molecule has 2 rings (SSSR count). The molecule has 1 heterocycles. The fraction of sp³-hybridized carbons (Fsp3) is 0.308. The van der Waals surface area contributed by atoms with Gasteiger partial charge in [0.25, 0.3) is 0 Å². The van der Waals surface area contributed by atoms with E-state index in [1.165, 1.54) is 0 Å². The number of hydrogen-bond acceptors (Lipinski definition) is 2. The van der Waals surface area contributed by atoms with Crippen molar-refractivity contribution in [2.24, 2.45) is 7.05 Å². The van der Waals surface area contributed by atoms with Crippen molar-refractivity contribution in [1.29, 1.82) is 0 Å². The van der Waals surface area contributed by atoms with E-state index in [0.717, 1.165) is 17.0 Å². The van der Waals surface area contributed by atoms with Crippen LogP contribution in [-0.2, 0) is 7.05 Å². The van der Waals surface area contributed by atoms with E-state index >= 15 is 0 Å². The van der Waals surface area contributed by atoms with Crippen molar-refractivity contribution in [1.82, 2.24) is 15.1 Å². The summed E-state index contributed by atoms with van der Waals surface area (Å²) in [6.45, 7) is 2.03. The molecule has 1 N–H and O–H groups in total. The van der Waals surface area contributed by atoms with Crippen molar-refractivity contribution in [3.63, 3.8) is 0 Å². The van der Waals surface area contributed by atoms with Crippen LogP contribution in [0.4, 0.5) is 0 Å². The zero-order valence-electron chi connectivity index (χ0n) is 10.5. The highest BCUT2D eigenvalue weighted by atomic mass is 35.5. The molecule has 0 bridgehead atoms. The number of aryl methyl sites for hydroxylation is 2. The predicted molar refractivity (Wildman–Crippen MR) is 75.3 cm³/mol. The summed E-state index contributed by atoms with van der Waals surface area (Å²) in [4.78, 5) is 0. The van der Waals surface area contributed by atoms with Gasteiger partial charge in [-0.25, -0.2) is 0 Å². The lowest BCUT2D eigenvalue weighted by Gasteiger charge is -2.14. The lowest BCUT2D eigenvalue weighted by molar-refractivity contribution is 0.638. The molecule has 96 valence electrons. The minimum absolute atomic E-state index is 0.0136. The Hall–Kier alpha value is -1.03. The maximum Gasteiger partial charge on any atom is 0.0842 e. The van der Waals surface area contributed by atoms with Crippen molar-refractivity contribution in [3.05, 3.63) is 51.3 Å². The van der Waals surface area contributed by atoms with E-state index in [4.69, 9.17) is 23.2 Å². The van der Waals surface area contributed by atoms with Gasteiger partial charge in [-0.3, -0.25) is 4.68 Å². The normalized spacial score (nSPS) is 12.7. The molecule has 18 heavy (non-hydrogen) atoms. The van der Waals surface area contributed by atoms with Crippen LogP contribution in [-0.4, -0.2) is 16.8 Å². The molecule has 0 aliphatic heterocycles. The number of nitrogens with one attached hydrogen (secondary N) is 1. The first-order valence-electron chi connectivity index (χ1n) is 5.65. The van der Waals surface area contributed by atoms with E-state index in [0.29, 0.717) is 10.0 Å². The Labute approximate surface area is 117 Å². The van der Waals surface area contributed by atoms with Gasteiger partial charge < -0.3 is 5.32 Å². The van der Waals surface area contributed by atoms with Crippen LogP contribution in [0.15, 0.2) is 24.3 Å². The molecule has 0 saturated carbocycles. The van der Waals surface area contributed by atoms with Crippen molar-refractivity contribution in [2.45, 2.75) is 13.0 Å². The maximum atomic E-state index is 6.05. The van der Waals surface area contributed by atoms with E-state index in [-0.39, 0.29) is 6.04 Å². The first kappa shape index (κ1) is 13.4. The number of aromatic nitrogens is 2. The number of hydrogen-bond donors (Lipinski definition) is 1. The minimum Gasteiger partial charge on any atom is -0.308 e. The number of rotatable bonds is 3. The minimum atomic E-state index is 0.0136. The zero-order chi connectivity index (χ0) is 13.3. The van der Waals surface area contributed by atoms with E-state index in [1.807, 2.05) is 37.8 Å². The SMILES string of the molecule is CNC(c1ccc(Cl)c(Cl)c1)c1cc(C)n(C)n1. The van der Waals surface area contributed by atoms with Gasteiger partial charge in [-0.1, -0.05) is 29.3 Å². The molecular weight excluding hydrogens is 269 g/mol. The first-order chi connectivity index (χ1) is 8.52. The van der Waals surface area contributed by atoms with Gasteiger partial charge in [-0.15, -0.1) is 0 Å². The third-order valence-electron chi connectivity index (χ3n) is 2.99. The molecular formula is C13H15Cl2N3. The molecule has 1 atom stereocenters. The summed E-state index contributed by atoms with van der Waals surface area (Å²) in [5.74, 6) is 0. The quantitative estimate of drug-likeness (QED) is 0.936. The van der Waals surface area contributed by atoms with E-state index in [1.54, 1.807) is 6.07 Å². The van der Waals surface area contributed by atoms with Crippen LogP contribution in [0.25, 0.3) is 0 Å².